The Morgan fingerprint density at radius 1 is 0.700 bits per heavy atom. The third-order valence-electron chi connectivity index (χ3n) is 5.63. The van der Waals surface area contributed by atoms with Gasteiger partial charge in [-0.05, 0) is 66.3 Å². The Labute approximate surface area is 176 Å². The van der Waals surface area contributed by atoms with Gasteiger partial charge in [0.2, 0.25) is 13.6 Å². The van der Waals surface area contributed by atoms with Crippen LogP contribution in [0.4, 0.5) is 0 Å². The normalized spacial score (nSPS) is 14.7. The predicted molar refractivity (Wildman–Crippen MR) is 114 cm³/mol. The van der Waals surface area contributed by atoms with Crippen LogP contribution < -0.4 is 24.3 Å². The Bertz CT molecular complexity index is 1010. The smallest absolute Gasteiger partial charge is 0.231 e. The zero-order valence-electron chi connectivity index (χ0n) is 16.8. The van der Waals surface area contributed by atoms with Crippen LogP contribution in [0.1, 0.15) is 29.0 Å². The van der Waals surface area contributed by atoms with Crippen LogP contribution in [0, 0.1) is 0 Å². The van der Waals surface area contributed by atoms with Crippen LogP contribution in [0.5, 0.6) is 23.0 Å². The van der Waals surface area contributed by atoms with Crippen molar-refractivity contribution in [1.29, 1.82) is 0 Å². The van der Waals surface area contributed by atoms with E-state index in [1.165, 1.54) is 16.7 Å². The topological polar surface area (TPSA) is 49.0 Å². The highest BCUT2D eigenvalue weighted by molar-refractivity contribution is 5.46. The maximum absolute atomic E-state index is 5.60. The largest absolute Gasteiger partial charge is 0.454 e. The molecule has 3 aromatic rings. The number of fused-ring (bicyclic) bond motifs is 2. The van der Waals surface area contributed by atoms with Gasteiger partial charge in [-0.2, -0.15) is 0 Å². The van der Waals surface area contributed by atoms with E-state index in [4.69, 9.17) is 18.9 Å². The van der Waals surface area contributed by atoms with Crippen molar-refractivity contribution in [2.24, 2.45) is 0 Å². The first kappa shape index (κ1) is 18.8. The summed E-state index contributed by atoms with van der Waals surface area (Å²) in [4.78, 5) is 0. The van der Waals surface area contributed by atoms with E-state index in [0.717, 1.165) is 48.9 Å². The van der Waals surface area contributed by atoms with Crippen LogP contribution in [0.2, 0.25) is 0 Å². The highest BCUT2D eigenvalue weighted by atomic mass is 16.7. The number of hydrogen-bond acceptors (Lipinski definition) is 5. The second-order valence-corrected chi connectivity index (χ2v) is 7.65. The molecule has 0 bridgehead atoms. The van der Waals surface area contributed by atoms with E-state index >= 15 is 0 Å². The molecule has 0 fully saturated rings. The molecule has 1 N–H and O–H groups in total. The van der Waals surface area contributed by atoms with E-state index in [0.29, 0.717) is 19.5 Å². The molecule has 3 aromatic carbocycles. The number of nitrogens with one attached hydrogen (secondary N) is 1. The Morgan fingerprint density at radius 3 is 2.20 bits per heavy atom. The van der Waals surface area contributed by atoms with Crippen LogP contribution >= 0.6 is 0 Å². The van der Waals surface area contributed by atoms with E-state index < -0.39 is 0 Å². The van der Waals surface area contributed by atoms with Crippen molar-refractivity contribution in [3.05, 3.63) is 83.4 Å². The van der Waals surface area contributed by atoms with Gasteiger partial charge in [0.15, 0.2) is 23.0 Å². The van der Waals surface area contributed by atoms with Crippen LogP contribution in [0.3, 0.4) is 0 Å². The molecule has 0 spiro atoms. The van der Waals surface area contributed by atoms with Gasteiger partial charge in [-0.25, -0.2) is 0 Å². The van der Waals surface area contributed by atoms with Crippen molar-refractivity contribution in [2.45, 2.75) is 25.3 Å². The molecule has 0 radical (unpaired) electrons. The van der Waals surface area contributed by atoms with Gasteiger partial charge in [0, 0.05) is 6.54 Å². The first-order valence-corrected chi connectivity index (χ1v) is 10.4. The Hall–Kier alpha value is -3.18. The molecule has 5 rings (SSSR count). The van der Waals surface area contributed by atoms with Gasteiger partial charge < -0.3 is 24.3 Å². The van der Waals surface area contributed by atoms with E-state index in [2.05, 4.69) is 59.9 Å². The Morgan fingerprint density at radius 2 is 1.40 bits per heavy atom. The number of hydrogen-bond donors (Lipinski definition) is 1. The molecule has 0 aromatic heterocycles. The van der Waals surface area contributed by atoms with E-state index in [1.54, 1.807) is 0 Å². The second-order valence-electron chi connectivity index (χ2n) is 7.65. The fraction of sp³-hybridized carbons (Fsp3) is 0.280. The van der Waals surface area contributed by atoms with Gasteiger partial charge in [-0.3, -0.25) is 0 Å². The van der Waals surface area contributed by atoms with Crippen molar-refractivity contribution in [2.75, 3.05) is 20.1 Å². The summed E-state index contributed by atoms with van der Waals surface area (Å²) in [5.41, 5.74) is 3.82. The molecule has 30 heavy (non-hydrogen) atoms. The zero-order valence-corrected chi connectivity index (χ0v) is 16.8. The van der Waals surface area contributed by atoms with Gasteiger partial charge in [-0.1, -0.05) is 42.5 Å². The summed E-state index contributed by atoms with van der Waals surface area (Å²) in [5, 5.41) is 3.58. The molecule has 0 amide bonds. The van der Waals surface area contributed by atoms with Crippen molar-refractivity contribution < 1.29 is 18.9 Å². The fourth-order valence-corrected chi connectivity index (χ4v) is 4.01. The number of ether oxygens (including phenoxy) is 4. The maximum Gasteiger partial charge on any atom is 0.231 e. The summed E-state index contributed by atoms with van der Waals surface area (Å²) in [6.45, 7) is 2.33. The molecule has 154 valence electrons. The van der Waals surface area contributed by atoms with Crippen LogP contribution in [0.25, 0.3) is 0 Å². The van der Waals surface area contributed by atoms with Crippen LogP contribution in [-0.4, -0.2) is 20.1 Å². The number of benzene rings is 3. The standard InChI is InChI=1S/C25H25NO4/c1-2-4-18(5-3-1)12-21(20-7-9-23-25(14-20)30-17-28-23)10-11-26-15-19-6-8-22-24(13-19)29-16-27-22/h1-9,13-14,21,26H,10-12,15-17H2/t21-/m0/s1. The minimum Gasteiger partial charge on any atom is -0.454 e. The van der Waals surface area contributed by atoms with Gasteiger partial charge in [-0.15, -0.1) is 0 Å². The molecule has 0 saturated heterocycles. The molecular weight excluding hydrogens is 378 g/mol. The van der Waals surface area contributed by atoms with Crippen molar-refractivity contribution in [1.82, 2.24) is 5.32 Å². The third-order valence-corrected chi connectivity index (χ3v) is 5.63. The average molecular weight is 403 g/mol. The lowest BCUT2D eigenvalue weighted by Gasteiger charge is -2.19. The summed E-state index contributed by atoms with van der Waals surface area (Å²) in [6.07, 6.45) is 2.02. The number of rotatable bonds is 8. The maximum atomic E-state index is 5.60. The van der Waals surface area contributed by atoms with Gasteiger partial charge >= 0.3 is 0 Å². The van der Waals surface area contributed by atoms with Crippen LogP contribution in [-0.2, 0) is 13.0 Å². The first-order valence-electron chi connectivity index (χ1n) is 10.4. The van der Waals surface area contributed by atoms with E-state index in [9.17, 15) is 0 Å². The van der Waals surface area contributed by atoms with E-state index in [-0.39, 0.29) is 0 Å². The Kier molecular flexibility index (Phi) is 5.44. The lowest BCUT2D eigenvalue weighted by Crippen LogP contribution is -2.18. The minimum absolute atomic E-state index is 0.305. The first-order chi connectivity index (χ1) is 14.8. The molecule has 5 heteroatoms. The molecule has 1 atom stereocenters. The molecule has 0 aliphatic carbocycles. The third kappa shape index (κ3) is 4.21. The average Bonchev–Trinajstić information content (AvgIpc) is 3.44. The lowest BCUT2D eigenvalue weighted by molar-refractivity contribution is 0.173. The summed E-state index contributed by atoms with van der Waals surface area (Å²) in [6, 6.07) is 23.1. The quantitative estimate of drug-likeness (QED) is 0.555. The highest BCUT2D eigenvalue weighted by Crippen LogP contribution is 2.36. The fourth-order valence-electron chi connectivity index (χ4n) is 4.01. The molecule has 2 aliphatic rings. The predicted octanol–water partition coefficient (Wildman–Crippen LogP) is 4.65. The lowest BCUT2D eigenvalue weighted by atomic mass is 9.89. The molecule has 0 saturated carbocycles. The molecule has 0 unspecified atom stereocenters. The Balaban J connectivity index is 1.24. The van der Waals surface area contributed by atoms with Crippen molar-refractivity contribution in [3.8, 4) is 23.0 Å². The summed E-state index contributed by atoms with van der Waals surface area (Å²) in [5.74, 6) is 3.73. The van der Waals surface area contributed by atoms with Gasteiger partial charge in [0.1, 0.15) is 0 Å². The zero-order chi connectivity index (χ0) is 20.2. The SMILES string of the molecule is c1ccc(C[C@H](CCNCc2ccc3c(c2)OCO3)c2ccc3c(c2)OCO3)cc1. The van der Waals surface area contributed by atoms with E-state index in [1.807, 2.05) is 12.1 Å². The minimum atomic E-state index is 0.305. The van der Waals surface area contributed by atoms with Gasteiger partial charge in [0.25, 0.3) is 0 Å². The summed E-state index contributed by atoms with van der Waals surface area (Å²) >= 11 is 0. The summed E-state index contributed by atoms with van der Waals surface area (Å²) in [7, 11) is 0. The monoisotopic (exact) mass is 403 g/mol. The van der Waals surface area contributed by atoms with Crippen LogP contribution in [0.15, 0.2) is 66.7 Å². The highest BCUT2D eigenvalue weighted by Gasteiger charge is 2.19. The van der Waals surface area contributed by atoms with Gasteiger partial charge in [0.05, 0.1) is 0 Å². The molecule has 2 heterocycles. The molecule has 2 aliphatic heterocycles. The van der Waals surface area contributed by atoms with Crippen molar-refractivity contribution >= 4 is 0 Å². The van der Waals surface area contributed by atoms with Crippen molar-refractivity contribution in [3.63, 3.8) is 0 Å². The summed E-state index contributed by atoms with van der Waals surface area (Å²) < 4.78 is 21.9. The molecular formula is C25H25NO4. The molecule has 5 nitrogen and oxygen atoms in total. The second kappa shape index (κ2) is 8.67.